The van der Waals surface area contributed by atoms with Gasteiger partial charge < -0.3 is 20.7 Å². The van der Waals surface area contributed by atoms with Gasteiger partial charge in [0.15, 0.2) is 17.5 Å². The summed E-state index contributed by atoms with van der Waals surface area (Å²) in [6.07, 6.45) is -0.290. The zero-order valence-electron chi connectivity index (χ0n) is 14.6. The summed E-state index contributed by atoms with van der Waals surface area (Å²) in [5, 5.41) is 8.50. The van der Waals surface area contributed by atoms with Crippen LogP contribution < -0.4 is 20.7 Å². The van der Waals surface area contributed by atoms with Gasteiger partial charge in [-0.05, 0) is 19.1 Å². The molecule has 1 atom stereocenters. The molecule has 0 spiro atoms. The summed E-state index contributed by atoms with van der Waals surface area (Å²) in [6.45, 7) is 2.85. The predicted molar refractivity (Wildman–Crippen MR) is 106 cm³/mol. The minimum absolute atomic E-state index is 0. The van der Waals surface area contributed by atoms with Crippen molar-refractivity contribution in [3.8, 4) is 5.75 Å². The maximum atomic E-state index is 13.5. The van der Waals surface area contributed by atoms with Crippen LogP contribution in [-0.2, 0) is 4.79 Å². The van der Waals surface area contributed by atoms with Crippen molar-refractivity contribution in [3.63, 3.8) is 0 Å². The van der Waals surface area contributed by atoms with Crippen molar-refractivity contribution < 1.29 is 18.7 Å². The molecule has 1 aromatic rings. The van der Waals surface area contributed by atoms with Gasteiger partial charge in [0.2, 0.25) is 5.91 Å². The Morgan fingerprint density at radius 1 is 1.38 bits per heavy atom. The number of nitrogens with one attached hydrogen (secondary N) is 3. The third-order valence-corrected chi connectivity index (χ3v) is 3.51. The molecular formula is C16H23FIN5O3. The molecular weight excluding hydrogens is 456 g/mol. The Morgan fingerprint density at radius 3 is 2.73 bits per heavy atom. The van der Waals surface area contributed by atoms with Crippen LogP contribution in [0, 0.1) is 5.82 Å². The predicted octanol–water partition coefficient (Wildman–Crippen LogP) is 0.928. The highest BCUT2D eigenvalue weighted by molar-refractivity contribution is 14.0. The molecule has 144 valence electrons. The van der Waals surface area contributed by atoms with Crippen molar-refractivity contribution in [2.24, 2.45) is 4.99 Å². The summed E-state index contributed by atoms with van der Waals surface area (Å²) in [6, 6.07) is 5.82. The first-order chi connectivity index (χ1) is 12.0. The summed E-state index contributed by atoms with van der Waals surface area (Å²) in [7, 11) is 1.60. The van der Waals surface area contributed by atoms with E-state index in [0.717, 1.165) is 4.90 Å². The molecule has 26 heavy (non-hydrogen) atoms. The average Bonchev–Trinajstić information content (AvgIpc) is 2.91. The fourth-order valence-corrected chi connectivity index (χ4v) is 2.23. The lowest BCUT2D eigenvalue weighted by atomic mass is 10.3. The monoisotopic (exact) mass is 479 g/mol. The molecule has 0 aliphatic carbocycles. The Morgan fingerprint density at radius 2 is 2.12 bits per heavy atom. The summed E-state index contributed by atoms with van der Waals surface area (Å²) in [5.74, 6) is 0.0291. The van der Waals surface area contributed by atoms with Gasteiger partial charge in [0.1, 0.15) is 6.10 Å². The third kappa shape index (κ3) is 6.32. The topological polar surface area (TPSA) is 95.1 Å². The molecule has 1 saturated heterocycles. The number of hydrogen-bond donors (Lipinski definition) is 3. The Kier molecular flexibility index (Phi) is 9.10. The number of aliphatic imine (C=N–C) groups is 1. The lowest BCUT2D eigenvalue weighted by molar-refractivity contribution is -0.124. The number of rotatable bonds is 7. The maximum absolute atomic E-state index is 13.5. The molecule has 0 radical (unpaired) electrons. The van der Waals surface area contributed by atoms with E-state index in [0.29, 0.717) is 19.0 Å². The summed E-state index contributed by atoms with van der Waals surface area (Å²) in [4.78, 5) is 28.1. The highest BCUT2D eigenvalue weighted by atomic mass is 127. The lowest BCUT2D eigenvalue weighted by Gasteiger charge is -2.19. The van der Waals surface area contributed by atoms with Gasteiger partial charge in [0.05, 0.1) is 13.1 Å². The van der Waals surface area contributed by atoms with Crippen molar-refractivity contribution in [3.05, 3.63) is 30.1 Å². The number of hydrogen-bond acceptors (Lipinski definition) is 4. The van der Waals surface area contributed by atoms with E-state index in [1.54, 1.807) is 32.2 Å². The van der Waals surface area contributed by atoms with E-state index in [-0.39, 0.29) is 60.9 Å². The Labute approximate surface area is 168 Å². The van der Waals surface area contributed by atoms with Gasteiger partial charge in [0.25, 0.3) is 0 Å². The molecule has 0 aromatic heterocycles. The highest BCUT2D eigenvalue weighted by Gasteiger charge is 2.27. The summed E-state index contributed by atoms with van der Waals surface area (Å²) < 4.78 is 19.1. The fourth-order valence-electron chi connectivity index (χ4n) is 2.23. The van der Waals surface area contributed by atoms with Crippen LogP contribution in [-0.4, -0.2) is 62.1 Å². The zero-order valence-corrected chi connectivity index (χ0v) is 17.0. The number of urea groups is 1. The molecule has 1 heterocycles. The normalized spacial score (nSPS) is 15.2. The molecule has 3 amide bonds. The van der Waals surface area contributed by atoms with Crippen LogP contribution in [0.4, 0.5) is 9.18 Å². The van der Waals surface area contributed by atoms with Crippen LogP contribution in [0.1, 0.15) is 6.92 Å². The van der Waals surface area contributed by atoms with Crippen LogP contribution >= 0.6 is 24.0 Å². The van der Waals surface area contributed by atoms with Gasteiger partial charge in [-0.25, -0.2) is 9.18 Å². The number of ether oxygens (including phenoxy) is 1. The van der Waals surface area contributed by atoms with Gasteiger partial charge in [0, 0.05) is 20.1 Å². The second-order valence-corrected chi connectivity index (χ2v) is 5.44. The second-order valence-electron chi connectivity index (χ2n) is 5.44. The van der Waals surface area contributed by atoms with E-state index in [4.69, 9.17) is 4.74 Å². The number of carbonyl (C=O) groups is 2. The number of benzene rings is 1. The molecule has 3 N–H and O–H groups in total. The number of imide groups is 1. The molecule has 1 unspecified atom stereocenters. The van der Waals surface area contributed by atoms with Crippen molar-refractivity contribution in [2.75, 3.05) is 33.2 Å². The second kappa shape index (κ2) is 10.8. The van der Waals surface area contributed by atoms with Crippen molar-refractivity contribution >= 4 is 41.9 Å². The van der Waals surface area contributed by atoms with Crippen LogP contribution in [0.5, 0.6) is 5.75 Å². The highest BCUT2D eigenvalue weighted by Crippen LogP contribution is 2.16. The Bertz CT molecular complexity index is 643. The first-order valence-corrected chi connectivity index (χ1v) is 7.95. The summed E-state index contributed by atoms with van der Waals surface area (Å²) in [5.41, 5.74) is 0. The zero-order chi connectivity index (χ0) is 18.2. The lowest BCUT2D eigenvalue weighted by Crippen LogP contribution is -2.45. The standard InChI is InChI=1S/C16H22FN5O3.HI/c1-11(25-13-6-4-3-5-12(13)17)9-20-15(18-2)19-7-8-22-14(23)10-21-16(22)24;/h3-6,11H,7-10H2,1-2H3,(H,21,24)(H2,18,19,20);1H. The van der Waals surface area contributed by atoms with Crippen LogP contribution in [0.25, 0.3) is 0 Å². The van der Waals surface area contributed by atoms with E-state index in [1.165, 1.54) is 6.07 Å². The number of amides is 3. The Balaban J connectivity index is 0.00000338. The number of nitrogens with zero attached hydrogens (tertiary/aromatic N) is 2. The number of guanidine groups is 1. The van der Waals surface area contributed by atoms with E-state index in [9.17, 15) is 14.0 Å². The maximum Gasteiger partial charge on any atom is 0.324 e. The molecule has 2 rings (SSSR count). The first-order valence-electron chi connectivity index (χ1n) is 7.95. The molecule has 0 saturated carbocycles. The summed E-state index contributed by atoms with van der Waals surface area (Å²) >= 11 is 0. The van der Waals surface area contributed by atoms with Crippen LogP contribution in [0.3, 0.4) is 0 Å². The van der Waals surface area contributed by atoms with Gasteiger partial charge in [-0.3, -0.25) is 14.7 Å². The third-order valence-electron chi connectivity index (χ3n) is 3.51. The molecule has 0 bridgehead atoms. The molecule has 1 aliphatic rings. The smallest absolute Gasteiger partial charge is 0.324 e. The van der Waals surface area contributed by atoms with Crippen LogP contribution in [0.15, 0.2) is 29.3 Å². The fraction of sp³-hybridized carbons (Fsp3) is 0.438. The molecule has 10 heteroatoms. The first kappa shape index (κ1) is 21.9. The Hall–Kier alpha value is -2.11. The molecule has 1 fully saturated rings. The molecule has 8 nitrogen and oxygen atoms in total. The van der Waals surface area contributed by atoms with E-state index in [2.05, 4.69) is 20.9 Å². The molecule has 1 aromatic carbocycles. The average molecular weight is 479 g/mol. The van der Waals surface area contributed by atoms with Crippen molar-refractivity contribution in [1.82, 2.24) is 20.9 Å². The van der Waals surface area contributed by atoms with E-state index < -0.39 is 5.82 Å². The van der Waals surface area contributed by atoms with Gasteiger partial charge >= 0.3 is 6.03 Å². The molecule has 1 aliphatic heterocycles. The largest absolute Gasteiger partial charge is 0.486 e. The number of para-hydroxylation sites is 1. The number of carbonyl (C=O) groups excluding carboxylic acids is 2. The SMILES string of the molecule is CN=C(NCCN1C(=O)CNC1=O)NCC(C)Oc1ccccc1F.I. The van der Waals surface area contributed by atoms with E-state index >= 15 is 0 Å². The number of halogens is 2. The quantitative estimate of drug-likeness (QED) is 0.234. The minimum atomic E-state index is -0.412. The van der Waals surface area contributed by atoms with Crippen molar-refractivity contribution in [2.45, 2.75) is 13.0 Å². The van der Waals surface area contributed by atoms with Crippen molar-refractivity contribution in [1.29, 1.82) is 0 Å². The van der Waals surface area contributed by atoms with Gasteiger partial charge in [-0.2, -0.15) is 0 Å². The van der Waals surface area contributed by atoms with Crippen LogP contribution in [0.2, 0.25) is 0 Å². The van der Waals surface area contributed by atoms with Gasteiger partial charge in [-0.15, -0.1) is 24.0 Å². The minimum Gasteiger partial charge on any atom is -0.486 e. The van der Waals surface area contributed by atoms with E-state index in [1.807, 2.05) is 0 Å². The van der Waals surface area contributed by atoms with Gasteiger partial charge in [-0.1, -0.05) is 12.1 Å².